The zero-order chi connectivity index (χ0) is 23.2. The first-order chi connectivity index (χ1) is 16.1. The van der Waals surface area contributed by atoms with Gasteiger partial charge < -0.3 is 10.2 Å². The van der Waals surface area contributed by atoms with Crippen LogP contribution in [0.5, 0.6) is 0 Å². The Morgan fingerprint density at radius 2 is 1.58 bits per heavy atom. The number of hydrogen-bond donors (Lipinski definition) is 1. The number of likely N-dealkylation sites (tertiary alicyclic amines) is 1. The molecule has 1 saturated heterocycles. The number of carbonyl (C=O) groups excluding carboxylic acids is 1. The van der Waals surface area contributed by atoms with Crippen LogP contribution < -0.4 is 16.4 Å². The van der Waals surface area contributed by atoms with E-state index in [1.165, 1.54) is 22.0 Å². The lowest BCUT2D eigenvalue weighted by Crippen LogP contribution is -2.41. The number of allylic oxidation sites excluding steroid dienone is 1. The lowest BCUT2D eigenvalue weighted by atomic mass is 10.1. The number of carbonyl (C=O) groups is 1. The van der Waals surface area contributed by atoms with E-state index >= 15 is 0 Å². The Labute approximate surface area is 193 Å². The summed E-state index contributed by atoms with van der Waals surface area (Å²) in [6.07, 6.45) is 5.09. The summed E-state index contributed by atoms with van der Waals surface area (Å²) in [7, 11) is 0. The number of para-hydroxylation sites is 2. The van der Waals surface area contributed by atoms with Crippen molar-refractivity contribution >= 4 is 16.9 Å². The Morgan fingerprint density at radius 3 is 2.24 bits per heavy atom. The van der Waals surface area contributed by atoms with Gasteiger partial charge in [0, 0.05) is 18.7 Å². The summed E-state index contributed by atoms with van der Waals surface area (Å²) >= 11 is 0. The quantitative estimate of drug-likeness (QED) is 0.311. The molecule has 0 saturated carbocycles. The van der Waals surface area contributed by atoms with Crippen molar-refractivity contribution < 1.29 is 4.79 Å². The molecule has 3 aromatic rings. The minimum atomic E-state index is -0.574. The summed E-state index contributed by atoms with van der Waals surface area (Å²) in [5.74, 6) is -0.0994. The van der Waals surface area contributed by atoms with E-state index in [1.54, 1.807) is 18.2 Å². The summed E-state index contributed by atoms with van der Waals surface area (Å²) in [6.45, 7) is 8.21. The first-order valence-electron chi connectivity index (χ1n) is 11.5. The van der Waals surface area contributed by atoms with E-state index < -0.39 is 11.1 Å². The number of benzene rings is 2. The Balaban J connectivity index is 1.46. The van der Waals surface area contributed by atoms with Gasteiger partial charge in [0.25, 0.3) is 5.91 Å². The molecule has 1 aromatic heterocycles. The molecular weight excluding hydrogens is 416 g/mol. The maximum absolute atomic E-state index is 12.8. The first-order valence-corrected chi connectivity index (χ1v) is 11.5. The molecule has 1 N–H and O–H groups in total. The van der Waals surface area contributed by atoms with Crippen LogP contribution in [0.3, 0.4) is 0 Å². The topological polar surface area (TPSA) is 76.3 Å². The van der Waals surface area contributed by atoms with Crippen molar-refractivity contribution in [3.63, 3.8) is 0 Å². The normalized spacial score (nSPS) is 13.9. The van der Waals surface area contributed by atoms with E-state index in [0.29, 0.717) is 23.1 Å². The second-order valence-corrected chi connectivity index (χ2v) is 8.44. The van der Waals surface area contributed by atoms with Gasteiger partial charge in [-0.25, -0.2) is 0 Å². The van der Waals surface area contributed by atoms with Crippen LogP contribution in [-0.2, 0) is 13.1 Å². The smallest absolute Gasteiger partial charge is 0.317 e. The fourth-order valence-corrected chi connectivity index (χ4v) is 4.39. The number of hydrogen-bond acceptors (Lipinski definition) is 4. The standard InChI is InChI=1S/C26H30N4O3/c1-2-15-29-22-8-3-4-9-23(22)30(26(33)25(29)32)19-20-10-12-21(13-11-20)24(31)27-14-7-18-28-16-5-6-17-28/h2-4,8-13H,1,5-7,14-19H2,(H,27,31). The predicted molar refractivity (Wildman–Crippen MR) is 131 cm³/mol. The van der Waals surface area contributed by atoms with Crippen LogP contribution in [-0.4, -0.2) is 46.1 Å². The van der Waals surface area contributed by atoms with Crippen molar-refractivity contribution in [2.45, 2.75) is 32.4 Å². The summed E-state index contributed by atoms with van der Waals surface area (Å²) in [4.78, 5) is 40.4. The maximum atomic E-state index is 12.8. The highest BCUT2D eigenvalue weighted by molar-refractivity contribution is 5.94. The first kappa shape index (κ1) is 22.7. The van der Waals surface area contributed by atoms with Gasteiger partial charge in [0.05, 0.1) is 17.6 Å². The molecule has 7 nitrogen and oxygen atoms in total. The molecule has 0 atom stereocenters. The second kappa shape index (κ2) is 10.4. The van der Waals surface area contributed by atoms with E-state index in [0.717, 1.165) is 31.6 Å². The third-order valence-electron chi connectivity index (χ3n) is 6.14. The monoisotopic (exact) mass is 446 g/mol. The van der Waals surface area contributed by atoms with Crippen LogP contribution in [0.4, 0.5) is 0 Å². The molecule has 1 amide bonds. The van der Waals surface area contributed by atoms with Gasteiger partial charge >= 0.3 is 11.1 Å². The van der Waals surface area contributed by atoms with E-state index in [-0.39, 0.29) is 19.0 Å². The van der Waals surface area contributed by atoms with Gasteiger partial charge in [0.2, 0.25) is 0 Å². The van der Waals surface area contributed by atoms with Crippen LogP contribution in [0.25, 0.3) is 11.0 Å². The Morgan fingerprint density at radius 1 is 0.939 bits per heavy atom. The van der Waals surface area contributed by atoms with Crippen molar-refractivity contribution in [2.24, 2.45) is 0 Å². The molecule has 0 bridgehead atoms. The molecular formula is C26H30N4O3. The molecule has 0 radical (unpaired) electrons. The van der Waals surface area contributed by atoms with Crippen LogP contribution in [0.15, 0.2) is 70.8 Å². The third-order valence-corrected chi connectivity index (χ3v) is 6.14. The largest absolute Gasteiger partial charge is 0.352 e. The van der Waals surface area contributed by atoms with Crippen molar-refractivity contribution in [3.8, 4) is 0 Å². The second-order valence-electron chi connectivity index (χ2n) is 8.44. The zero-order valence-corrected chi connectivity index (χ0v) is 18.8. The summed E-state index contributed by atoms with van der Waals surface area (Å²) < 4.78 is 2.93. The summed E-state index contributed by atoms with van der Waals surface area (Å²) in [5.41, 5.74) is 1.65. The summed E-state index contributed by atoms with van der Waals surface area (Å²) in [6, 6.07) is 14.5. The van der Waals surface area contributed by atoms with Gasteiger partial charge in [-0.1, -0.05) is 30.3 Å². The molecule has 0 spiro atoms. The molecule has 2 aromatic carbocycles. The van der Waals surface area contributed by atoms with Gasteiger partial charge in [-0.2, -0.15) is 0 Å². The van der Waals surface area contributed by atoms with Crippen LogP contribution in [0.2, 0.25) is 0 Å². The van der Waals surface area contributed by atoms with E-state index in [4.69, 9.17) is 0 Å². The number of fused-ring (bicyclic) bond motifs is 1. The van der Waals surface area contributed by atoms with E-state index in [2.05, 4.69) is 16.8 Å². The fraction of sp³-hybridized carbons (Fsp3) is 0.346. The molecule has 0 aliphatic carbocycles. The Kier molecular flexibility index (Phi) is 7.19. The van der Waals surface area contributed by atoms with Gasteiger partial charge in [-0.15, -0.1) is 6.58 Å². The van der Waals surface area contributed by atoms with Crippen LogP contribution >= 0.6 is 0 Å². The number of rotatable bonds is 9. The number of amides is 1. The minimum Gasteiger partial charge on any atom is -0.352 e. The molecule has 1 aliphatic heterocycles. The minimum absolute atomic E-state index is 0.0994. The van der Waals surface area contributed by atoms with Crippen molar-refractivity contribution in [3.05, 3.63) is 93.0 Å². The maximum Gasteiger partial charge on any atom is 0.317 e. The van der Waals surface area contributed by atoms with Crippen molar-refractivity contribution in [2.75, 3.05) is 26.2 Å². The number of aromatic nitrogens is 2. The average Bonchev–Trinajstić information content (AvgIpc) is 3.36. The van der Waals surface area contributed by atoms with Gasteiger partial charge in [0.1, 0.15) is 0 Å². The molecule has 4 rings (SSSR count). The Hall–Kier alpha value is -3.45. The molecule has 7 heteroatoms. The average molecular weight is 447 g/mol. The molecule has 1 fully saturated rings. The zero-order valence-electron chi connectivity index (χ0n) is 18.8. The molecule has 172 valence electrons. The SMILES string of the molecule is C=CCn1c(=O)c(=O)n(Cc2ccc(C(=O)NCCCN3CCCC3)cc2)c2ccccc21. The van der Waals surface area contributed by atoms with Crippen LogP contribution in [0.1, 0.15) is 35.2 Å². The van der Waals surface area contributed by atoms with E-state index in [9.17, 15) is 14.4 Å². The number of nitrogens with one attached hydrogen (secondary N) is 1. The van der Waals surface area contributed by atoms with Crippen molar-refractivity contribution in [1.82, 2.24) is 19.4 Å². The molecule has 1 aliphatic rings. The Bertz CT molecular complexity index is 1250. The predicted octanol–water partition coefficient (Wildman–Crippen LogP) is 2.61. The van der Waals surface area contributed by atoms with Gasteiger partial charge in [0.15, 0.2) is 0 Å². The number of nitrogens with zero attached hydrogens (tertiary/aromatic N) is 3. The highest BCUT2D eigenvalue weighted by Crippen LogP contribution is 2.13. The molecule has 33 heavy (non-hydrogen) atoms. The molecule has 2 heterocycles. The van der Waals surface area contributed by atoms with Gasteiger partial charge in [-0.3, -0.25) is 23.5 Å². The van der Waals surface area contributed by atoms with E-state index in [1.807, 2.05) is 36.4 Å². The van der Waals surface area contributed by atoms with Crippen molar-refractivity contribution in [1.29, 1.82) is 0 Å². The summed E-state index contributed by atoms with van der Waals surface area (Å²) in [5, 5.41) is 2.98. The highest BCUT2D eigenvalue weighted by Gasteiger charge is 2.14. The van der Waals surface area contributed by atoms with Crippen LogP contribution in [0, 0.1) is 0 Å². The lowest BCUT2D eigenvalue weighted by molar-refractivity contribution is 0.0952. The van der Waals surface area contributed by atoms with Gasteiger partial charge in [-0.05, 0) is 68.7 Å². The lowest BCUT2D eigenvalue weighted by Gasteiger charge is -2.15. The highest BCUT2D eigenvalue weighted by atomic mass is 16.2. The fourth-order valence-electron chi connectivity index (χ4n) is 4.39. The third kappa shape index (κ3) is 5.14. The molecule has 0 unspecified atom stereocenters.